The maximum atomic E-state index is 13.5. The number of nitrogens with one attached hydrogen (secondary N) is 1. The van der Waals surface area contributed by atoms with E-state index < -0.39 is 17.3 Å². The molecule has 1 unspecified atom stereocenters. The first-order chi connectivity index (χ1) is 9.40. The Kier molecular flexibility index (Phi) is 4.11. The van der Waals surface area contributed by atoms with E-state index in [0.29, 0.717) is 5.76 Å². The third kappa shape index (κ3) is 3.18. The Bertz CT molecular complexity index is 611. The highest BCUT2D eigenvalue weighted by atomic mass is 35.5. The highest BCUT2D eigenvalue weighted by Crippen LogP contribution is 2.20. The summed E-state index contributed by atoms with van der Waals surface area (Å²) in [6.45, 7) is 1.37. The maximum absolute atomic E-state index is 13.5. The van der Waals surface area contributed by atoms with Gasteiger partial charge in [-0.3, -0.25) is 4.79 Å². The SMILES string of the molecule is CC(O)(CNC(=O)c1cc(Cl)ccc1F)c1ccco1. The Balaban J connectivity index is 2.07. The Morgan fingerprint density at radius 2 is 2.25 bits per heavy atom. The summed E-state index contributed by atoms with van der Waals surface area (Å²) in [5, 5.41) is 12.9. The first kappa shape index (κ1) is 14.6. The van der Waals surface area contributed by atoms with E-state index in [1.165, 1.54) is 25.3 Å². The van der Waals surface area contributed by atoms with Gasteiger partial charge in [-0.1, -0.05) is 11.6 Å². The quantitative estimate of drug-likeness (QED) is 0.912. The molecule has 6 heteroatoms. The van der Waals surface area contributed by atoms with Gasteiger partial charge in [0, 0.05) is 5.02 Å². The molecule has 0 aliphatic heterocycles. The van der Waals surface area contributed by atoms with E-state index in [1.807, 2.05) is 0 Å². The number of halogens is 2. The Morgan fingerprint density at radius 3 is 2.90 bits per heavy atom. The second-order valence-corrected chi connectivity index (χ2v) is 4.99. The van der Waals surface area contributed by atoms with Crippen molar-refractivity contribution in [3.8, 4) is 0 Å². The summed E-state index contributed by atoms with van der Waals surface area (Å²) in [6.07, 6.45) is 1.42. The van der Waals surface area contributed by atoms with Crippen LogP contribution in [0, 0.1) is 5.82 Å². The zero-order valence-corrected chi connectivity index (χ0v) is 11.4. The van der Waals surface area contributed by atoms with Crippen molar-refractivity contribution in [1.82, 2.24) is 5.32 Å². The van der Waals surface area contributed by atoms with Crippen LogP contribution in [0.15, 0.2) is 41.0 Å². The molecule has 106 valence electrons. The largest absolute Gasteiger partial charge is 0.466 e. The van der Waals surface area contributed by atoms with Crippen LogP contribution in [0.2, 0.25) is 5.02 Å². The number of aliphatic hydroxyl groups is 1. The van der Waals surface area contributed by atoms with E-state index in [0.717, 1.165) is 6.07 Å². The van der Waals surface area contributed by atoms with E-state index >= 15 is 0 Å². The van der Waals surface area contributed by atoms with Gasteiger partial charge in [0.2, 0.25) is 0 Å². The summed E-state index contributed by atoms with van der Waals surface area (Å²) in [5.41, 5.74) is -1.55. The lowest BCUT2D eigenvalue weighted by molar-refractivity contribution is 0.0329. The van der Waals surface area contributed by atoms with Crippen LogP contribution in [0.25, 0.3) is 0 Å². The van der Waals surface area contributed by atoms with Crippen molar-refractivity contribution in [3.63, 3.8) is 0 Å². The molecule has 0 saturated heterocycles. The van der Waals surface area contributed by atoms with Crippen molar-refractivity contribution in [2.24, 2.45) is 0 Å². The monoisotopic (exact) mass is 297 g/mol. The van der Waals surface area contributed by atoms with Crippen LogP contribution in [0.4, 0.5) is 4.39 Å². The minimum Gasteiger partial charge on any atom is -0.466 e. The Morgan fingerprint density at radius 1 is 1.50 bits per heavy atom. The molecular weight excluding hydrogens is 285 g/mol. The minimum absolute atomic E-state index is 0.120. The van der Waals surface area contributed by atoms with Crippen LogP contribution in [0.1, 0.15) is 23.0 Å². The van der Waals surface area contributed by atoms with Crippen LogP contribution in [0.3, 0.4) is 0 Å². The topological polar surface area (TPSA) is 62.5 Å². The van der Waals surface area contributed by atoms with Crippen LogP contribution >= 0.6 is 11.6 Å². The number of hydrogen-bond donors (Lipinski definition) is 2. The van der Waals surface area contributed by atoms with Gasteiger partial charge in [0.1, 0.15) is 17.2 Å². The van der Waals surface area contributed by atoms with Crippen molar-refractivity contribution in [2.45, 2.75) is 12.5 Å². The van der Waals surface area contributed by atoms with Gasteiger partial charge in [-0.05, 0) is 37.3 Å². The third-order valence-electron chi connectivity index (χ3n) is 2.82. The van der Waals surface area contributed by atoms with Crippen LogP contribution in [-0.4, -0.2) is 17.6 Å². The second kappa shape index (κ2) is 5.64. The molecule has 4 nitrogen and oxygen atoms in total. The van der Waals surface area contributed by atoms with E-state index in [1.54, 1.807) is 12.1 Å². The number of carbonyl (C=O) groups excluding carboxylic acids is 1. The highest BCUT2D eigenvalue weighted by molar-refractivity contribution is 6.30. The fraction of sp³-hybridized carbons (Fsp3) is 0.214. The van der Waals surface area contributed by atoms with Crippen molar-refractivity contribution in [2.75, 3.05) is 6.54 Å². The normalized spacial score (nSPS) is 13.8. The van der Waals surface area contributed by atoms with E-state index in [-0.39, 0.29) is 17.1 Å². The first-order valence-electron chi connectivity index (χ1n) is 5.90. The van der Waals surface area contributed by atoms with Crippen molar-refractivity contribution in [1.29, 1.82) is 0 Å². The van der Waals surface area contributed by atoms with Gasteiger partial charge in [-0.2, -0.15) is 0 Å². The predicted molar refractivity (Wildman–Crippen MR) is 72.0 cm³/mol. The number of hydrogen-bond acceptors (Lipinski definition) is 3. The molecule has 2 N–H and O–H groups in total. The standard InChI is InChI=1S/C14H13ClFNO3/c1-14(19,12-3-2-6-20-12)8-17-13(18)10-7-9(15)4-5-11(10)16/h2-7,19H,8H2,1H3,(H,17,18). The molecule has 1 amide bonds. The third-order valence-corrected chi connectivity index (χ3v) is 3.05. The summed E-state index contributed by atoms with van der Waals surface area (Å²) in [5.74, 6) is -1.02. The summed E-state index contributed by atoms with van der Waals surface area (Å²) in [7, 11) is 0. The van der Waals surface area contributed by atoms with Crippen molar-refractivity contribution >= 4 is 17.5 Å². The van der Waals surface area contributed by atoms with Gasteiger partial charge >= 0.3 is 0 Å². The highest BCUT2D eigenvalue weighted by Gasteiger charge is 2.27. The fourth-order valence-corrected chi connectivity index (χ4v) is 1.86. The number of amides is 1. The van der Waals surface area contributed by atoms with E-state index in [2.05, 4.69) is 5.32 Å². The van der Waals surface area contributed by atoms with Gasteiger partial charge in [-0.15, -0.1) is 0 Å². The maximum Gasteiger partial charge on any atom is 0.254 e. The van der Waals surface area contributed by atoms with E-state index in [4.69, 9.17) is 16.0 Å². The lowest BCUT2D eigenvalue weighted by Crippen LogP contribution is -2.38. The molecule has 0 radical (unpaired) electrons. The lowest BCUT2D eigenvalue weighted by atomic mass is 10.0. The summed E-state index contributed by atoms with van der Waals surface area (Å²) >= 11 is 5.72. The van der Waals surface area contributed by atoms with Crippen LogP contribution < -0.4 is 5.32 Å². The molecule has 2 rings (SSSR count). The van der Waals surface area contributed by atoms with Gasteiger partial charge < -0.3 is 14.8 Å². The average molecular weight is 298 g/mol. The minimum atomic E-state index is -1.38. The number of benzene rings is 1. The van der Waals surface area contributed by atoms with Gasteiger partial charge in [0.25, 0.3) is 5.91 Å². The average Bonchev–Trinajstić information content (AvgIpc) is 2.93. The van der Waals surface area contributed by atoms with Gasteiger partial charge in [-0.25, -0.2) is 4.39 Å². The molecule has 0 spiro atoms. The number of carbonyl (C=O) groups is 1. The smallest absolute Gasteiger partial charge is 0.254 e. The molecular formula is C14H13ClFNO3. The summed E-state index contributed by atoms with van der Waals surface area (Å²) in [4.78, 5) is 11.9. The molecule has 1 aromatic heterocycles. The molecule has 1 atom stereocenters. The van der Waals surface area contributed by atoms with Crippen molar-refractivity contribution in [3.05, 3.63) is 58.8 Å². The molecule has 1 aromatic carbocycles. The summed E-state index contributed by atoms with van der Waals surface area (Å²) in [6, 6.07) is 6.91. The molecule has 1 heterocycles. The molecule has 2 aromatic rings. The molecule has 0 aliphatic carbocycles. The Labute approximate surface area is 120 Å². The lowest BCUT2D eigenvalue weighted by Gasteiger charge is -2.21. The second-order valence-electron chi connectivity index (χ2n) is 4.56. The number of furan rings is 1. The van der Waals surface area contributed by atoms with Crippen LogP contribution in [-0.2, 0) is 5.60 Å². The molecule has 20 heavy (non-hydrogen) atoms. The molecule has 0 saturated carbocycles. The van der Waals surface area contributed by atoms with Gasteiger partial charge in [0.05, 0.1) is 18.4 Å². The number of rotatable bonds is 4. The first-order valence-corrected chi connectivity index (χ1v) is 6.27. The summed E-state index contributed by atoms with van der Waals surface area (Å²) < 4.78 is 18.6. The zero-order chi connectivity index (χ0) is 14.8. The Hall–Kier alpha value is -1.85. The van der Waals surface area contributed by atoms with Crippen LogP contribution in [0.5, 0.6) is 0 Å². The van der Waals surface area contributed by atoms with Crippen molar-refractivity contribution < 1.29 is 18.7 Å². The predicted octanol–water partition coefficient (Wildman–Crippen LogP) is 2.71. The van der Waals surface area contributed by atoms with E-state index in [9.17, 15) is 14.3 Å². The molecule has 0 fully saturated rings. The molecule has 0 bridgehead atoms. The van der Waals surface area contributed by atoms with Gasteiger partial charge in [0.15, 0.2) is 0 Å². The molecule has 0 aliphatic rings. The zero-order valence-electron chi connectivity index (χ0n) is 10.7. The fourth-order valence-electron chi connectivity index (χ4n) is 1.69.